The summed E-state index contributed by atoms with van der Waals surface area (Å²) in [7, 11) is 0. The topological polar surface area (TPSA) is 77.8 Å². The molecule has 0 amide bonds. The molecule has 1 rings (SSSR count). The third kappa shape index (κ3) is 3.94. The normalized spacial score (nSPS) is 32.1. The molecule has 4 heteroatoms. The van der Waals surface area contributed by atoms with Crippen LogP contribution in [-0.4, -0.2) is 33.5 Å². The largest absolute Gasteiger partial charge is 0.481 e. The van der Waals surface area contributed by atoms with Crippen LogP contribution in [0, 0.1) is 11.8 Å². The maximum atomic E-state index is 10.6. The van der Waals surface area contributed by atoms with Crippen molar-refractivity contribution in [1.29, 1.82) is 0 Å². The summed E-state index contributed by atoms with van der Waals surface area (Å²) in [6.45, 7) is 1.66. The molecule has 0 radical (unpaired) electrons. The minimum absolute atomic E-state index is 0.0195. The number of hydrogen-bond donors (Lipinski definition) is 3. The predicted molar refractivity (Wildman–Crippen MR) is 59.9 cm³/mol. The molecule has 0 spiro atoms. The Balaban J connectivity index is 2.49. The van der Waals surface area contributed by atoms with Crippen molar-refractivity contribution in [1.82, 2.24) is 0 Å². The molecule has 0 saturated heterocycles. The molecule has 16 heavy (non-hydrogen) atoms. The van der Waals surface area contributed by atoms with Crippen molar-refractivity contribution in [3.05, 3.63) is 12.2 Å². The standard InChI is InChI=1S/C12H20O4/c1-8(13)3-2-4-10-9(7-12(15)16)5-6-11(10)14/h2-3,8-11,13-14H,4-7H2,1H3,(H,15,16)/b3-2-/t8-,9+,10+,11-/m1/s1. The number of aliphatic carboxylic acids is 1. The number of carboxylic acids is 1. The third-order valence-corrected chi connectivity index (χ3v) is 3.19. The first-order valence-electron chi connectivity index (χ1n) is 5.75. The van der Waals surface area contributed by atoms with E-state index in [2.05, 4.69) is 0 Å². The summed E-state index contributed by atoms with van der Waals surface area (Å²) in [5.74, 6) is -0.721. The minimum atomic E-state index is -0.802. The number of carbonyl (C=O) groups is 1. The van der Waals surface area contributed by atoms with Crippen LogP contribution in [0.4, 0.5) is 0 Å². The van der Waals surface area contributed by atoms with Gasteiger partial charge in [-0.15, -0.1) is 0 Å². The summed E-state index contributed by atoms with van der Waals surface area (Å²) in [5, 5.41) is 27.6. The molecule has 1 aliphatic carbocycles. The third-order valence-electron chi connectivity index (χ3n) is 3.19. The van der Waals surface area contributed by atoms with Crippen LogP contribution < -0.4 is 0 Å². The Morgan fingerprint density at radius 2 is 2.19 bits per heavy atom. The van der Waals surface area contributed by atoms with Gasteiger partial charge in [-0.05, 0) is 38.0 Å². The molecule has 4 nitrogen and oxygen atoms in total. The predicted octanol–water partition coefficient (Wildman–Crippen LogP) is 1.18. The zero-order valence-corrected chi connectivity index (χ0v) is 9.54. The molecule has 0 aromatic heterocycles. The quantitative estimate of drug-likeness (QED) is 0.617. The minimum Gasteiger partial charge on any atom is -0.481 e. The lowest BCUT2D eigenvalue weighted by molar-refractivity contribution is -0.138. The average molecular weight is 228 g/mol. The number of rotatable bonds is 5. The maximum Gasteiger partial charge on any atom is 0.303 e. The van der Waals surface area contributed by atoms with Gasteiger partial charge in [-0.1, -0.05) is 12.2 Å². The molecule has 1 aliphatic rings. The van der Waals surface area contributed by atoms with Gasteiger partial charge in [0.05, 0.1) is 12.2 Å². The molecule has 0 heterocycles. The highest BCUT2D eigenvalue weighted by atomic mass is 16.4. The van der Waals surface area contributed by atoms with Crippen molar-refractivity contribution < 1.29 is 20.1 Å². The first kappa shape index (κ1) is 13.2. The van der Waals surface area contributed by atoms with Crippen LogP contribution in [0.2, 0.25) is 0 Å². The van der Waals surface area contributed by atoms with Gasteiger partial charge in [0.15, 0.2) is 0 Å². The van der Waals surface area contributed by atoms with E-state index < -0.39 is 18.2 Å². The van der Waals surface area contributed by atoms with Crippen LogP contribution in [0.1, 0.15) is 32.6 Å². The summed E-state index contributed by atoms with van der Waals surface area (Å²) in [5.41, 5.74) is 0. The second-order valence-corrected chi connectivity index (χ2v) is 4.57. The molecule has 0 aromatic carbocycles. The van der Waals surface area contributed by atoms with E-state index in [0.29, 0.717) is 12.8 Å². The van der Waals surface area contributed by atoms with Crippen molar-refractivity contribution in [2.75, 3.05) is 0 Å². The molecular formula is C12H20O4. The second-order valence-electron chi connectivity index (χ2n) is 4.57. The molecule has 4 atom stereocenters. The van der Waals surface area contributed by atoms with E-state index in [4.69, 9.17) is 10.2 Å². The molecule has 1 fully saturated rings. The van der Waals surface area contributed by atoms with Crippen LogP contribution in [0.25, 0.3) is 0 Å². The summed E-state index contributed by atoms with van der Waals surface area (Å²) in [4.78, 5) is 10.6. The molecule has 0 bridgehead atoms. The number of allylic oxidation sites excluding steroid dienone is 1. The van der Waals surface area contributed by atoms with Crippen LogP contribution in [0.5, 0.6) is 0 Å². The van der Waals surface area contributed by atoms with E-state index in [1.165, 1.54) is 0 Å². The van der Waals surface area contributed by atoms with Crippen molar-refractivity contribution >= 4 is 5.97 Å². The van der Waals surface area contributed by atoms with Crippen LogP contribution in [-0.2, 0) is 4.79 Å². The van der Waals surface area contributed by atoms with Crippen LogP contribution in [0.15, 0.2) is 12.2 Å². The van der Waals surface area contributed by atoms with Gasteiger partial charge < -0.3 is 15.3 Å². The summed E-state index contributed by atoms with van der Waals surface area (Å²) in [6, 6.07) is 0. The zero-order valence-electron chi connectivity index (χ0n) is 9.54. The van der Waals surface area contributed by atoms with E-state index in [1.54, 1.807) is 13.0 Å². The highest BCUT2D eigenvalue weighted by Crippen LogP contribution is 2.36. The van der Waals surface area contributed by atoms with Gasteiger partial charge in [-0.25, -0.2) is 0 Å². The molecular weight excluding hydrogens is 208 g/mol. The van der Waals surface area contributed by atoms with Crippen LogP contribution >= 0.6 is 0 Å². The molecule has 3 N–H and O–H groups in total. The zero-order chi connectivity index (χ0) is 12.1. The Hall–Kier alpha value is -0.870. The Labute approximate surface area is 95.6 Å². The van der Waals surface area contributed by atoms with Gasteiger partial charge in [0.25, 0.3) is 0 Å². The fourth-order valence-corrected chi connectivity index (χ4v) is 2.39. The smallest absolute Gasteiger partial charge is 0.303 e. The Morgan fingerprint density at radius 3 is 2.75 bits per heavy atom. The monoisotopic (exact) mass is 228 g/mol. The fraction of sp³-hybridized carbons (Fsp3) is 0.750. The first-order valence-corrected chi connectivity index (χ1v) is 5.75. The lowest BCUT2D eigenvalue weighted by Crippen LogP contribution is -2.20. The molecule has 92 valence electrons. The second kappa shape index (κ2) is 6.01. The van der Waals surface area contributed by atoms with E-state index >= 15 is 0 Å². The Morgan fingerprint density at radius 1 is 1.50 bits per heavy atom. The average Bonchev–Trinajstić information content (AvgIpc) is 2.48. The highest BCUT2D eigenvalue weighted by Gasteiger charge is 2.35. The number of aliphatic hydroxyl groups is 2. The fourth-order valence-electron chi connectivity index (χ4n) is 2.39. The lowest BCUT2D eigenvalue weighted by Gasteiger charge is -2.19. The molecule has 1 saturated carbocycles. The Kier molecular flexibility index (Phi) is 4.96. The van der Waals surface area contributed by atoms with Gasteiger partial charge >= 0.3 is 5.97 Å². The van der Waals surface area contributed by atoms with Crippen molar-refractivity contribution in [2.45, 2.75) is 44.8 Å². The molecule has 0 unspecified atom stereocenters. The first-order chi connectivity index (χ1) is 7.50. The van der Waals surface area contributed by atoms with E-state index in [-0.39, 0.29) is 18.3 Å². The van der Waals surface area contributed by atoms with Gasteiger partial charge in [-0.2, -0.15) is 0 Å². The lowest BCUT2D eigenvalue weighted by atomic mass is 9.89. The van der Waals surface area contributed by atoms with Gasteiger partial charge in [0, 0.05) is 6.42 Å². The highest BCUT2D eigenvalue weighted by molar-refractivity contribution is 5.67. The number of carboxylic acid groups (broad SMARTS) is 1. The van der Waals surface area contributed by atoms with Crippen molar-refractivity contribution in [3.63, 3.8) is 0 Å². The number of hydrogen-bond acceptors (Lipinski definition) is 3. The SMILES string of the molecule is C[C@@H](O)/C=C\C[C@H]1[C@H](CC(=O)O)CC[C@H]1O. The summed E-state index contributed by atoms with van der Waals surface area (Å²) in [6.07, 6.45) is 4.85. The molecule has 0 aliphatic heterocycles. The van der Waals surface area contributed by atoms with Gasteiger partial charge in [-0.3, -0.25) is 4.79 Å². The summed E-state index contributed by atoms with van der Waals surface area (Å²) >= 11 is 0. The van der Waals surface area contributed by atoms with Crippen molar-refractivity contribution in [3.8, 4) is 0 Å². The van der Waals surface area contributed by atoms with E-state index in [1.807, 2.05) is 6.08 Å². The Bertz CT molecular complexity index is 260. The van der Waals surface area contributed by atoms with E-state index in [9.17, 15) is 9.90 Å². The van der Waals surface area contributed by atoms with E-state index in [0.717, 1.165) is 6.42 Å². The summed E-state index contributed by atoms with van der Waals surface area (Å²) < 4.78 is 0. The van der Waals surface area contributed by atoms with Crippen LogP contribution in [0.3, 0.4) is 0 Å². The number of aliphatic hydroxyl groups excluding tert-OH is 2. The van der Waals surface area contributed by atoms with Gasteiger partial charge in [0.1, 0.15) is 0 Å². The van der Waals surface area contributed by atoms with Crippen molar-refractivity contribution in [2.24, 2.45) is 11.8 Å². The van der Waals surface area contributed by atoms with Gasteiger partial charge in [0.2, 0.25) is 0 Å². The molecule has 0 aromatic rings. The maximum absolute atomic E-state index is 10.6.